The van der Waals surface area contributed by atoms with Crippen LogP contribution in [-0.4, -0.2) is 129 Å². The number of rotatable bonds is 29. The van der Waals surface area contributed by atoms with E-state index in [4.69, 9.17) is 5.21 Å². The molecule has 1 saturated heterocycles. The van der Waals surface area contributed by atoms with E-state index in [0.29, 0.717) is 22.5 Å². The van der Waals surface area contributed by atoms with Gasteiger partial charge in [-0.3, -0.25) is 49.2 Å². The zero-order chi connectivity index (χ0) is 38.2. The molecule has 0 saturated carbocycles. The number of carbonyl (C=O) groups excluding carboxylic acids is 7. The summed E-state index contributed by atoms with van der Waals surface area (Å²) in [5.41, 5.74) is 0. The number of nitrogens with zero attached hydrogens (tertiary/aromatic N) is 3. The lowest BCUT2D eigenvalue weighted by molar-refractivity contribution is -0.170. The Kier molecular flexibility index (Phi) is 23.0. The van der Waals surface area contributed by atoms with Crippen molar-refractivity contribution in [2.45, 2.75) is 134 Å². The minimum absolute atomic E-state index is 0.00266. The van der Waals surface area contributed by atoms with E-state index >= 15 is 0 Å². The predicted octanol–water partition coefficient (Wildman–Crippen LogP) is 0.352. The Morgan fingerprint density at radius 1 is 0.706 bits per heavy atom. The number of unbranched alkanes of at least 4 members (excludes halogenated alkanes) is 6. The summed E-state index contributed by atoms with van der Waals surface area (Å²) in [5.74, 6) is -2.49. The van der Waals surface area contributed by atoms with Crippen molar-refractivity contribution < 1.29 is 54.3 Å². The van der Waals surface area contributed by atoms with Gasteiger partial charge < -0.3 is 26.4 Å². The molecule has 1 fully saturated rings. The quantitative estimate of drug-likeness (QED) is 0.0226. The number of aliphatic hydroxyl groups excluding tert-OH is 1. The first-order chi connectivity index (χ1) is 24.3. The molecule has 0 aromatic carbocycles. The van der Waals surface area contributed by atoms with E-state index in [1.165, 1.54) is 19.3 Å². The topological polar surface area (TPSA) is 258 Å². The summed E-state index contributed by atoms with van der Waals surface area (Å²) in [5, 5.41) is 50.0. The van der Waals surface area contributed by atoms with E-state index in [1.807, 2.05) is 0 Å². The predicted molar refractivity (Wildman–Crippen MR) is 182 cm³/mol. The van der Waals surface area contributed by atoms with Crippen LogP contribution in [0.15, 0.2) is 0 Å². The van der Waals surface area contributed by atoms with Crippen molar-refractivity contribution in [2.24, 2.45) is 5.92 Å². The van der Waals surface area contributed by atoms with Gasteiger partial charge in [0, 0.05) is 26.1 Å². The standard InChI is InChI=1S/C33H59N7O11/c1-24(2)13-8-6-4-3-5-7-9-17-29(44)34-25(14-10-18-38(49)22-42)30(45)37-28(21-41)33(48)40(51)20-12-16-27-32(47)35-26(31(46)36-27)15-11-19-39(50)23-43/h22-28,41,49-51H,3-21H2,1-2H3,(H,34,44)(H,35,47)(H,36,46)(H,37,45)/t25-,26-,27-,28-/m0/s1. The van der Waals surface area contributed by atoms with Crippen molar-refractivity contribution in [1.29, 1.82) is 0 Å². The van der Waals surface area contributed by atoms with Crippen LogP contribution in [0.1, 0.15) is 110 Å². The summed E-state index contributed by atoms with van der Waals surface area (Å²) >= 11 is 0. The highest BCUT2D eigenvalue weighted by Crippen LogP contribution is 2.13. The fraction of sp³-hybridized carbons (Fsp3) is 0.788. The normalized spacial score (nSPS) is 16.8. The maximum absolute atomic E-state index is 13.1. The molecular formula is C33H59N7O11. The Bertz CT molecular complexity index is 1100. The molecule has 0 spiro atoms. The van der Waals surface area contributed by atoms with Gasteiger partial charge in [0.2, 0.25) is 36.4 Å². The van der Waals surface area contributed by atoms with Crippen LogP contribution >= 0.6 is 0 Å². The molecule has 4 atom stereocenters. The number of amides is 7. The van der Waals surface area contributed by atoms with Gasteiger partial charge in [0.1, 0.15) is 24.2 Å². The van der Waals surface area contributed by atoms with Crippen molar-refractivity contribution in [3.05, 3.63) is 0 Å². The lowest BCUT2D eigenvalue weighted by Gasteiger charge is -2.30. The molecule has 7 amide bonds. The maximum Gasteiger partial charge on any atom is 0.270 e. The van der Waals surface area contributed by atoms with Crippen molar-refractivity contribution >= 4 is 42.4 Å². The Morgan fingerprint density at radius 3 is 1.75 bits per heavy atom. The third-order valence-electron chi connectivity index (χ3n) is 8.52. The number of hydrogen-bond donors (Lipinski definition) is 8. The van der Waals surface area contributed by atoms with Gasteiger partial charge in [0.25, 0.3) is 5.91 Å². The smallest absolute Gasteiger partial charge is 0.270 e. The maximum atomic E-state index is 13.1. The van der Waals surface area contributed by atoms with Crippen LogP contribution < -0.4 is 21.3 Å². The first kappa shape index (κ1) is 45.2. The van der Waals surface area contributed by atoms with Crippen LogP contribution in [0.3, 0.4) is 0 Å². The zero-order valence-electron chi connectivity index (χ0n) is 30.0. The van der Waals surface area contributed by atoms with E-state index in [-0.39, 0.29) is 88.4 Å². The van der Waals surface area contributed by atoms with Gasteiger partial charge in [-0.2, -0.15) is 0 Å². The van der Waals surface area contributed by atoms with Gasteiger partial charge in [-0.25, -0.2) is 15.2 Å². The number of hydrogen-bond acceptors (Lipinski definition) is 11. The van der Waals surface area contributed by atoms with Gasteiger partial charge in [0.05, 0.1) is 6.61 Å². The van der Waals surface area contributed by atoms with Crippen LogP contribution in [0, 0.1) is 5.92 Å². The molecule has 51 heavy (non-hydrogen) atoms. The van der Waals surface area contributed by atoms with E-state index in [2.05, 4.69) is 35.1 Å². The lowest BCUT2D eigenvalue weighted by Crippen LogP contribution is -2.61. The van der Waals surface area contributed by atoms with Crippen molar-refractivity contribution in [2.75, 3.05) is 26.2 Å². The SMILES string of the molecule is CC(C)CCCCCCCCCC(=O)N[C@@H](CCCN(O)C=O)C(=O)N[C@@H](CO)C(=O)N(O)CCC[C@@H]1NC(=O)[C@H](CCCN(O)C=O)NC1=O. The number of aliphatic hydroxyl groups is 1. The molecular weight excluding hydrogens is 670 g/mol. The second-order valence-electron chi connectivity index (χ2n) is 13.3. The van der Waals surface area contributed by atoms with Crippen molar-refractivity contribution in [3.8, 4) is 0 Å². The highest BCUT2D eigenvalue weighted by atomic mass is 16.5. The second-order valence-corrected chi connectivity index (χ2v) is 13.3. The minimum Gasteiger partial charge on any atom is -0.394 e. The van der Waals surface area contributed by atoms with Gasteiger partial charge in [-0.15, -0.1) is 0 Å². The first-order valence-corrected chi connectivity index (χ1v) is 18.0. The molecule has 8 N–H and O–H groups in total. The molecule has 1 heterocycles. The average Bonchev–Trinajstić information content (AvgIpc) is 3.10. The van der Waals surface area contributed by atoms with E-state index in [1.54, 1.807) is 0 Å². The molecule has 18 heteroatoms. The number of nitrogens with one attached hydrogen (secondary N) is 4. The molecule has 18 nitrogen and oxygen atoms in total. The lowest BCUT2D eigenvalue weighted by atomic mass is 10.0. The summed E-state index contributed by atoms with van der Waals surface area (Å²) in [6, 6.07) is -4.51. The van der Waals surface area contributed by atoms with Gasteiger partial charge in [-0.1, -0.05) is 58.8 Å². The average molecular weight is 730 g/mol. The molecule has 1 aliphatic rings. The number of piperazine rings is 1. The van der Waals surface area contributed by atoms with E-state index in [9.17, 15) is 49.1 Å². The highest BCUT2D eigenvalue weighted by molar-refractivity contribution is 5.97. The van der Waals surface area contributed by atoms with Crippen molar-refractivity contribution in [3.63, 3.8) is 0 Å². The zero-order valence-corrected chi connectivity index (χ0v) is 30.0. The van der Waals surface area contributed by atoms with Crippen LogP contribution in [0.2, 0.25) is 0 Å². The molecule has 0 unspecified atom stereocenters. The molecule has 1 rings (SSSR count). The summed E-state index contributed by atoms with van der Waals surface area (Å²) in [7, 11) is 0. The van der Waals surface area contributed by atoms with E-state index in [0.717, 1.165) is 25.7 Å². The highest BCUT2D eigenvalue weighted by Gasteiger charge is 2.34. The summed E-state index contributed by atoms with van der Waals surface area (Å²) in [4.78, 5) is 84.8. The number of hydroxylamine groups is 6. The molecule has 0 bridgehead atoms. The summed E-state index contributed by atoms with van der Waals surface area (Å²) in [6.07, 6.45) is 9.61. The molecule has 292 valence electrons. The number of carbonyl (C=O) groups is 7. The van der Waals surface area contributed by atoms with E-state index < -0.39 is 54.4 Å². The molecule has 0 aliphatic carbocycles. The first-order valence-electron chi connectivity index (χ1n) is 18.0. The van der Waals surface area contributed by atoms with Gasteiger partial charge >= 0.3 is 0 Å². The Labute approximate surface area is 299 Å². The third kappa shape index (κ3) is 19.4. The van der Waals surface area contributed by atoms with Crippen LogP contribution in [0.5, 0.6) is 0 Å². The van der Waals surface area contributed by atoms with Crippen LogP contribution in [-0.2, 0) is 33.6 Å². The van der Waals surface area contributed by atoms with Crippen LogP contribution in [0.25, 0.3) is 0 Å². The van der Waals surface area contributed by atoms with Gasteiger partial charge in [0.15, 0.2) is 0 Å². The summed E-state index contributed by atoms with van der Waals surface area (Å²) in [6.45, 7) is 3.11. The molecule has 0 aromatic heterocycles. The Hall–Kier alpha value is -3.87. The molecule has 1 aliphatic heterocycles. The minimum atomic E-state index is -1.57. The largest absolute Gasteiger partial charge is 0.394 e. The fourth-order valence-corrected chi connectivity index (χ4v) is 5.55. The van der Waals surface area contributed by atoms with Crippen LogP contribution in [0.4, 0.5) is 0 Å². The van der Waals surface area contributed by atoms with Crippen molar-refractivity contribution in [1.82, 2.24) is 36.5 Å². The molecule has 0 radical (unpaired) electrons. The van der Waals surface area contributed by atoms with Gasteiger partial charge in [-0.05, 0) is 50.9 Å². The third-order valence-corrected chi connectivity index (χ3v) is 8.52. The monoisotopic (exact) mass is 729 g/mol. The summed E-state index contributed by atoms with van der Waals surface area (Å²) < 4.78 is 0. The second kappa shape index (κ2) is 26.0. The fourth-order valence-electron chi connectivity index (χ4n) is 5.55. The molecule has 0 aromatic rings. The Morgan fingerprint density at radius 2 is 1.22 bits per heavy atom. The Balaban J connectivity index is 2.59.